The van der Waals surface area contributed by atoms with Crippen molar-refractivity contribution in [3.8, 4) is 0 Å². The minimum Gasteiger partial charge on any atom is -0.367 e. The Hall–Kier alpha value is -1.16. The van der Waals surface area contributed by atoms with Crippen molar-refractivity contribution in [3.63, 3.8) is 0 Å². The minimum atomic E-state index is -0.231. The average molecular weight is 194 g/mol. The van der Waals surface area contributed by atoms with Crippen LogP contribution >= 0.6 is 0 Å². The highest BCUT2D eigenvalue weighted by atomic mass is 15.2. The third-order valence-corrected chi connectivity index (χ3v) is 1.81. The van der Waals surface area contributed by atoms with Gasteiger partial charge in [0.1, 0.15) is 5.82 Å². The van der Waals surface area contributed by atoms with Crippen LogP contribution in [0.4, 0.5) is 5.82 Å². The van der Waals surface area contributed by atoms with Crippen molar-refractivity contribution >= 4 is 5.82 Å². The van der Waals surface area contributed by atoms with E-state index in [4.69, 9.17) is 5.73 Å². The normalized spacial score (nSPS) is 11.4. The highest BCUT2D eigenvalue weighted by Crippen LogP contribution is 2.04. The number of rotatable bonds is 4. The summed E-state index contributed by atoms with van der Waals surface area (Å²) in [6.07, 6.45) is 0.912. The summed E-state index contributed by atoms with van der Waals surface area (Å²) in [6, 6.07) is 3.90. The van der Waals surface area contributed by atoms with E-state index >= 15 is 0 Å². The summed E-state index contributed by atoms with van der Waals surface area (Å²) in [5.41, 5.74) is 6.60. The Morgan fingerprint density at radius 2 is 2.07 bits per heavy atom. The molecule has 0 aliphatic heterocycles. The van der Waals surface area contributed by atoms with Crippen molar-refractivity contribution in [2.24, 2.45) is 5.73 Å². The van der Waals surface area contributed by atoms with Crippen molar-refractivity contribution in [2.45, 2.75) is 32.7 Å². The standard InChI is InChI=1S/C10H18N4/c1-4-8-5-6-9(14-13-8)12-7-10(2,3)11/h5-6H,4,7,11H2,1-3H3,(H,12,14). The average Bonchev–Trinajstić information content (AvgIpc) is 2.14. The van der Waals surface area contributed by atoms with Crippen LogP contribution in [-0.2, 0) is 6.42 Å². The zero-order chi connectivity index (χ0) is 10.6. The van der Waals surface area contributed by atoms with Crippen LogP contribution in [0, 0.1) is 0 Å². The number of hydrogen-bond donors (Lipinski definition) is 2. The maximum atomic E-state index is 5.83. The lowest BCUT2D eigenvalue weighted by molar-refractivity contribution is 0.548. The van der Waals surface area contributed by atoms with Crippen LogP contribution in [0.2, 0.25) is 0 Å². The smallest absolute Gasteiger partial charge is 0.148 e. The molecule has 14 heavy (non-hydrogen) atoms. The molecule has 0 aliphatic rings. The Kier molecular flexibility index (Phi) is 3.41. The molecule has 0 amide bonds. The molecule has 0 bridgehead atoms. The summed E-state index contributed by atoms with van der Waals surface area (Å²) >= 11 is 0. The molecule has 1 aromatic rings. The van der Waals surface area contributed by atoms with Gasteiger partial charge in [-0.2, -0.15) is 5.10 Å². The molecule has 0 radical (unpaired) electrons. The largest absolute Gasteiger partial charge is 0.367 e. The van der Waals surface area contributed by atoms with Gasteiger partial charge in [0.2, 0.25) is 0 Å². The van der Waals surface area contributed by atoms with Crippen molar-refractivity contribution in [3.05, 3.63) is 17.8 Å². The van der Waals surface area contributed by atoms with E-state index in [2.05, 4.69) is 22.4 Å². The zero-order valence-electron chi connectivity index (χ0n) is 9.04. The summed E-state index contributed by atoms with van der Waals surface area (Å²) in [6.45, 7) is 6.68. The highest BCUT2D eigenvalue weighted by molar-refractivity contribution is 5.33. The first-order valence-electron chi connectivity index (χ1n) is 4.86. The lowest BCUT2D eigenvalue weighted by Crippen LogP contribution is -2.39. The van der Waals surface area contributed by atoms with E-state index < -0.39 is 0 Å². The molecule has 78 valence electrons. The Labute approximate surface area is 84.9 Å². The third-order valence-electron chi connectivity index (χ3n) is 1.81. The second kappa shape index (κ2) is 4.37. The van der Waals surface area contributed by atoms with Gasteiger partial charge in [0, 0.05) is 12.1 Å². The first-order valence-corrected chi connectivity index (χ1v) is 4.86. The van der Waals surface area contributed by atoms with Crippen molar-refractivity contribution in [1.29, 1.82) is 0 Å². The van der Waals surface area contributed by atoms with Crippen molar-refractivity contribution in [2.75, 3.05) is 11.9 Å². The maximum absolute atomic E-state index is 5.83. The molecule has 0 saturated carbocycles. The van der Waals surface area contributed by atoms with E-state index in [-0.39, 0.29) is 5.54 Å². The number of aryl methyl sites for hydroxylation is 1. The molecule has 0 saturated heterocycles. The lowest BCUT2D eigenvalue weighted by atomic mass is 10.1. The van der Waals surface area contributed by atoms with Crippen LogP contribution in [0.15, 0.2) is 12.1 Å². The SMILES string of the molecule is CCc1ccc(NCC(C)(C)N)nn1. The van der Waals surface area contributed by atoms with E-state index in [1.807, 2.05) is 26.0 Å². The fraction of sp³-hybridized carbons (Fsp3) is 0.600. The number of hydrogen-bond acceptors (Lipinski definition) is 4. The molecular formula is C10H18N4. The van der Waals surface area contributed by atoms with Gasteiger partial charge in [-0.15, -0.1) is 5.10 Å². The second-order valence-corrected chi connectivity index (χ2v) is 4.11. The number of nitrogens with zero attached hydrogens (tertiary/aromatic N) is 2. The van der Waals surface area contributed by atoms with E-state index in [0.717, 1.165) is 17.9 Å². The van der Waals surface area contributed by atoms with Gasteiger partial charge in [0.15, 0.2) is 0 Å². The molecule has 0 atom stereocenters. The zero-order valence-corrected chi connectivity index (χ0v) is 9.04. The monoisotopic (exact) mass is 194 g/mol. The first kappa shape index (κ1) is 10.9. The van der Waals surface area contributed by atoms with Crippen molar-refractivity contribution in [1.82, 2.24) is 10.2 Å². The van der Waals surface area contributed by atoms with Gasteiger partial charge in [-0.3, -0.25) is 0 Å². The molecule has 0 fully saturated rings. The number of nitrogens with two attached hydrogens (primary N) is 1. The van der Waals surface area contributed by atoms with Gasteiger partial charge >= 0.3 is 0 Å². The Morgan fingerprint density at radius 1 is 1.36 bits per heavy atom. The predicted octanol–water partition coefficient (Wildman–Crippen LogP) is 1.19. The Bertz CT molecular complexity index is 273. The number of anilines is 1. The highest BCUT2D eigenvalue weighted by Gasteiger charge is 2.09. The number of aromatic nitrogens is 2. The van der Waals surface area contributed by atoms with E-state index in [1.165, 1.54) is 0 Å². The van der Waals surface area contributed by atoms with Crippen LogP contribution in [0.25, 0.3) is 0 Å². The van der Waals surface area contributed by atoms with Crippen LogP contribution in [-0.4, -0.2) is 22.3 Å². The Balaban J connectivity index is 2.52. The minimum absolute atomic E-state index is 0.231. The molecule has 0 spiro atoms. The van der Waals surface area contributed by atoms with E-state index in [9.17, 15) is 0 Å². The van der Waals surface area contributed by atoms with Gasteiger partial charge in [0.25, 0.3) is 0 Å². The quantitative estimate of drug-likeness (QED) is 0.755. The predicted molar refractivity (Wildman–Crippen MR) is 58.2 cm³/mol. The molecule has 4 nitrogen and oxygen atoms in total. The Morgan fingerprint density at radius 3 is 2.50 bits per heavy atom. The summed E-state index contributed by atoms with van der Waals surface area (Å²) in [5, 5.41) is 11.2. The lowest BCUT2D eigenvalue weighted by Gasteiger charge is -2.18. The third kappa shape index (κ3) is 3.70. The fourth-order valence-electron chi connectivity index (χ4n) is 0.961. The number of nitrogens with one attached hydrogen (secondary N) is 1. The van der Waals surface area contributed by atoms with Crippen LogP contribution in [0.5, 0.6) is 0 Å². The summed E-state index contributed by atoms with van der Waals surface area (Å²) in [4.78, 5) is 0. The molecule has 0 unspecified atom stereocenters. The van der Waals surface area contributed by atoms with Gasteiger partial charge in [0.05, 0.1) is 5.69 Å². The fourth-order valence-corrected chi connectivity index (χ4v) is 0.961. The molecule has 0 aliphatic carbocycles. The second-order valence-electron chi connectivity index (χ2n) is 4.11. The first-order chi connectivity index (χ1) is 6.51. The topological polar surface area (TPSA) is 63.8 Å². The van der Waals surface area contributed by atoms with Crippen LogP contribution in [0.1, 0.15) is 26.5 Å². The summed E-state index contributed by atoms with van der Waals surface area (Å²) < 4.78 is 0. The van der Waals surface area contributed by atoms with Gasteiger partial charge in [-0.05, 0) is 32.4 Å². The van der Waals surface area contributed by atoms with Gasteiger partial charge in [-0.1, -0.05) is 6.92 Å². The molecule has 1 heterocycles. The molecule has 0 aromatic carbocycles. The van der Waals surface area contributed by atoms with Gasteiger partial charge in [-0.25, -0.2) is 0 Å². The van der Waals surface area contributed by atoms with Gasteiger partial charge < -0.3 is 11.1 Å². The molecule has 1 rings (SSSR count). The molecule has 3 N–H and O–H groups in total. The van der Waals surface area contributed by atoms with Crippen LogP contribution < -0.4 is 11.1 Å². The van der Waals surface area contributed by atoms with Crippen LogP contribution in [0.3, 0.4) is 0 Å². The molecule has 1 aromatic heterocycles. The molecular weight excluding hydrogens is 176 g/mol. The summed E-state index contributed by atoms with van der Waals surface area (Å²) in [7, 11) is 0. The van der Waals surface area contributed by atoms with E-state index in [0.29, 0.717) is 6.54 Å². The molecule has 4 heteroatoms. The van der Waals surface area contributed by atoms with Crippen molar-refractivity contribution < 1.29 is 0 Å². The summed E-state index contributed by atoms with van der Waals surface area (Å²) in [5.74, 6) is 0.778. The maximum Gasteiger partial charge on any atom is 0.148 e. The van der Waals surface area contributed by atoms with E-state index in [1.54, 1.807) is 0 Å².